The zero-order valence-corrected chi connectivity index (χ0v) is 13.2. The van der Waals surface area contributed by atoms with Gasteiger partial charge >= 0.3 is 0 Å². The third-order valence-electron chi connectivity index (χ3n) is 4.17. The molecule has 1 aromatic rings. The highest BCUT2D eigenvalue weighted by molar-refractivity contribution is 5.51. The van der Waals surface area contributed by atoms with E-state index in [2.05, 4.69) is 42.2 Å². The molecule has 3 nitrogen and oxygen atoms in total. The maximum atomic E-state index is 4.31. The predicted octanol–water partition coefficient (Wildman–Crippen LogP) is 3.45. The minimum absolute atomic E-state index is 0.691. The second-order valence-corrected chi connectivity index (χ2v) is 6.56. The summed E-state index contributed by atoms with van der Waals surface area (Å²) in [7, 11) is 2.21. The van der Waals surface area contributed by atoms with Gasteiger partial charge in [-0.05, 0) is 42.9 Å². The maximum absolute atomic E-state index is 4.31. The van der Waals surface area contributed by atoms with Gasteiger partial charge in [-0.3, -0.25) is 4.98 Å². The molecule has 1 aliphatic rings. The molecule has 1 aromatic heterocycles. The van der Waals surface area contributed by atoms with Crippen LogP contribution in [-0.4, -0.2) is 25.1 Å². The fourth-order valence-corrected chi connectivity index (χ4v) is 3.08. The van der Waals surface area contributed by atoms with E-state index in [1.165, 1.54) is 43.5 Å². The second kappa shape index (κ2) is 7.63. The minimum atomic E-state index is 0.691. The van der Waals surface area contributed by atoms with Crippen LogP contribution in [0.2, 0.25) is 0 Å². The number of hydrogen-bond acceptors (Lipinski definition) is 3. The Morgan fingerprint density at radius 3 is 2.80 bits per heavy atom. The number of nitrogens with zero attached hydrogens (tertiary/aromatic N) is 2. The molecular formula is C17H29N3. The van der Waals surface area contributed by atoms with Crippen molar-refractivity contribution in [1.29, 1.82) is 0 Å². The number of nitrogens with one attached hydrogen (secondary N) is 1. The van der Waals surface area contributed by atoms with Crippen molar-refractivity contribution in [3.8, 4) is 0 Å². The van der Waals surface area contributed by atoms with Crippen molar-refractivity contribution in [2.24, 2.45) is 11.8 Å². The van der Waals surface area contributed by atoms with Crippen LogP contribution in [-0.2, 0) is 6.54 Å². The van der Waals surface area contributed by atoms with Crippen molar-refractivity contribution in [2.45, 2.75) is 46.1 Å². The predicted molar refractivity (Wildman–Crippen MR) is 86.0 cm³/mol. The number of pyridine rings is 1. The van der Waals surface area contributed by atoms with Gasteiger partial charge in [0.1, 0.15) is 0 Å². The topological polar surface area (TPSA) is 28.2 Å². The van der Waals surface area contributed by atoms with E-state index >= 15 is 0 Å². The smallest absolute Gasteiger partial charge is 0.0595 e. The van der Waals surface area contributed by atoms with Crippen LogP contribution in [0.15, 0.2) is 18.5 Å². The van der Waals surface area contributed by atoms with E-state index in [1.807, 2.05) is 12.4 Å². The molecule has 0 atom stereocenters. The van der Waals surface area contributed by atoms with E-state index in [1.54, 1.807) is 0 Å². The molecule has 0 aromatic carbocycles. The van der Waals surface area contributed by atoms with Gasteiger partial charge in [0, 0.05) is 26.3 Å². The summed E-state index contributed by atoms with van der Waals surface area (Å²) in [6.07, 6.45) is 9.53. The first-order valence-corrected chi connectivity index (χ1v) is 8.01. The molecule has 0 aliphatic heterocycles. The van der Waals surface area contributed by atoms with Crippen LogP contribution in [0.4, 0.5) is 5.69 Å². The van der Waals surface area contributed by atoms with Crippen LogP contribution in [0, 0.1) is 11.8 Å². The number of hydrogen-bond donors (Lipinski definition) is 1. The lowest BCUT2D eigenvalue weighted by Crippen LogP contribution is -2.27. The molecule has 0 amide bonds. The van der Waals surface area contributed by atoms with E-state index in [9.17, 15) is 0 Å². The molecule has 0 spiro atoms. The Labute approximate surface area is 123 Å². The Balaban J connectivity index is 1.94. The Bertz CT molecular complexity index is 397. The summed E-state index contributed by atoms with van der Waals surface area (Å²) in [5, 5.41) is 3.54. The Kier molecular flexibility index (Phi) is 5.84. The zero-order chi connectivity index (χ0) is 14.4. The van der Waals surface area contributed by atoms with Crippen LogP contribution in [0.5, 0.6) is 0 Å². The molecule has 1 fully saturated rings. The standard InChI is InChI=1S/C17H29N3/c1-14(2)10-19-11-16-8-9-18-12-17(16)20(3)13-15-6-4-5-7-15/h8-9,12,14-15,19H,4-7,10-11,13H2,1-3H3. The molecule has 1 aliphatic carbocycles. The molecule has 1 heterocycles. The highest BCUT2D eigenvalue weighted by Gasteiger charge is 2.18. The van der Waals surface area contributed by atoms with Crippen molar-refractivity contribution in [3.63, 3.8) is 0 Å². The summed E-state index contributed by atoms with van der Waals surface area (Å²) < 4.78 is 0. The summed E-state index contributed by atoms with van der Waals surface area (Å²) in [4.78, 5) is 6.71. The van der Waals surface area contributed by atoms with E-state index < -0.39 is 0 Å². The Hall–Kier alpha value is -1.09. The van der Waals surface area contributed by atoms with Crippen LogP contribution < -0.4 is 10.2 Å². The normalized spacial score (nSPS) is 16.0. The van der Waals surface area contributed by atoms with E-state index in [0.29, 0.717) is 5.92 Å². The second-order valence-electron chi connectivity index (χ2n) is 6.56. The first kappa shape index (κ1) is 15.3. The third kappa shape index (κ3) is 4.48. The van der Waals surface area contributed by atoms with Gasteiger partial charge in [-0.1, -0.05) is 26.7 Å². The van der Waals surface area contributed by atoms with Crippen molar-refractivity contribution in [3.05, 3.63) is 24.0 Å². The van der Waals surface area contributed by atoms with Crippen molar-refractivity contribution >= 4 is 5.69 Å². The van der Waals surface area contributed by atoms with Crippen LogP contribution in [0.1, 0.15) is 45.1 Å². The Morgan fingerprint density at radius 2 is 2.10 bits per heavy atom. The molecule has 112 valence electrons. The molecule has 0 saturated heterocycles. The third-order valence-corrected chi connectivity index (χ3v) is 4.17. The molecule has 0 unspecified atom stereocenters. The fraction of sp³-hybridized carbons (Fsp3) is 0.706. The zero-order valence-electron chi connectivity index (χ0n) is 13.2. The molecule has 1 saturated carbocycles. The highest BCUT2D eigenvalue weighted by Crippen LogP contribution is 2.27. The molecule has 0 radical (unpaired) electrons. The lowest BCUT2D eigenvalue weighted by atomic mass is 10.1. The van der Waals surface area contributed by atoms with Gasteiger partial charge in [0.15, 0.2) is 0 Å². The maximum Gasteiger partial charge on any atom is 0.0595 e. The van der Waals surface area contributed by atoms with Crippen molar-refractivity contribution in [2.75, 3.05) is 25.0 Å². The first-order valence-electron chi connectivity index (χ1n) is 8.01. The van der Waals surface area contributed by atoms with E-state index in [0.717, 1.165) is 19.0 Å². The summed E-state index contributed by atoms with van der Waals surface area (Å²) in [6, 6.07) is 2.15. The SMILES string of the molecule is CC(C)CNCc1ccncc1N(C)CC1CCCC1. The highest BCUT2D eigenvalue weighted by atomic mass is 15.1. The monoisotopic (exact) mass is 275 g/mol. The van der Waals surface area contributed by atoms with Gasteiger partial charge in [-0.2, -0.15) is 0 Å². The quantitative estimate of drug-likeness (QED) is 0.826. The average Bonchev–Trinajstić information content (AvgIpc) is 2.91. The lowest BCUT2D eigenvalue weighted by Gasteiger charge is -2.25. The van der Waals surface area contributed by atoms with Gasteiger partial charge in [-0.15, -0.1) is 0 Å². The van der Waals surface area contributed by atoms with Gasteiger partial charge in [-0.25, -0.2) is 0 Å². The average molecular weight is 275 g/mol. The number of aromatic nitrogens is 1. The van der Waals surface area contributed by atoms with Gasteiger partial charge in [0.05, 0.1) is 11.9 Å². The molecule has 2 rings (SSSR count). The van der Waals surface area contributed by atoms with E-state index in [-0.39, 0.29) is 0 Å². The minimum Gasteiger partial charge on any atom is -0.373 e. The summed E-state index contributed by atoms with van der Waals surface area (Å²) in [6.45, 7) is 7.65. The van der Waals surface area contributed by atoms with Gasteiger partial charge in [0.25, 0.3) is 0 Å². The number of anilines is 1. The van der Waals surface area contributed by atoms with Crippen LogP contribution in [0.3, 0.4) is 0 Å². The first-order chi connectivity index (χ1) is 9.66. The summed E-state index contributed by atoms with van der Waals surface area (Å²) in [5.41, 5.74) is 2.65. The largest absolute Gasteiger partial charge is 0.373 e. The van der Waals surface area contributed by atoms with E-state index in [4.69, 9.17) is 0 Å². The number of rotatable bonds is 7. The van der Waals surface area contributed by atoms with Crippen molar-refractivity contribution < 1.29 is 0 Å². The fourth-order valence-electron chi connectivity index (χ4n) is 3.08. The summed E-state index contributed by atoms with van der Waals surface area (Å²) >= 11 is 0. The van der Waals surface area contributed by atoms with Gasteiger partial charge < -0.3 is 10.2 Å². The molecule has 1 N–H and O–H groups in total. The van der Waals surface area contributed by atoms with Crippen LogP contribution >= 0.6 is 0 Å². The molecule has 0 bridgehead atoms. The summed E-state index contributed by atoms with van der Waals surface area (Å²) in [5.74, 6) is 1.56. The Morgan fingerprint density at radius 1 is 1.35 bits per heavy atom. The molecule has 20 heavy (non-hydrogen) atoms. The lowest BCUT2D eigenvalue weighted by molar-refractivity contribution is 0.540. The van der Waals surface area contributed by atoms with Crippen LogP contribution in [0.25, 0.3) is 0 Å². The molecule has 3 heteroatoms. The van der Waals surface area contributed by atoms with Crippen molar-refractivity contribution in [1.82, 2.24) is 10.3 Å². The van der Waals surface area contributed by atoms with Gasteiger partial charge in [0.2, 0.25) is 0 Å². The molecular weight excluding hydrogens is 246 g/mol.